The maximum absolute atomic E-state index is 10.6. The Morgan fingerprint density at radius 3 is 3.00 bits per heavy atom. The molecule has 2 aliphatic rings. The lowest BCUT2D eigenvalue weighted by molar-refractivity contribution is 0.00943. The van der Waals surface area contributed by atoms with E-state index in [2.05, 4.69) is 0 Å². The van der Waals surface area contributed by atoms with Crippen molar-refractivity contribution in [3.05, 3.63) is 12.3 Å². The van der Waals surface area contributed by atoms with E-state index >= 15 is 0 Å². The highest BCUT2D eigenvalue weighted by molar-refractivity contribution is 5.63. The fourth-order valence-corrected chi connectivity index (χ4v) is 1.22. The number of fused-ring (bicyclic) bond motifs is 1. The largest absolute Gasteiger partial charge is 0.509 e. The third-order valence-corrected chi connectivity index (χ3v) is 1.81. The van der Waals surface area contributed by atoms with Crippen LogP contribution in [0.15, 0.2) is 12.3 Å². The van der Waals surface area contributed by atoms with Crippen LogP contribution >= 0.6 is 0 Å². The predicted octanol–water partition coefficient (Wildman–Crippen LogP) is 0.823. The SMILES string of the molecule is C[C@H]1OC=C[C@H]2OC(=O)O[C@@H]12. The van der Waals surface area contributed by atoms with Crippen LogP contribution in [0.5, 0.6) is 0 Å². The summed E-state index contributed by atoms with van der Waals surface area (Å²) < 4.78 is 14.8. The molecule has 0 unspecified atom stereocenters. The molecule has 60 valence electrons. The Kier molecular flexibility index (Phi) is 1.27. The lowest BCUT2D eigenvalue weighted by Crippen LogP contribution is -2.35. The Bertz CT molecular complexity index is 210. The van der Waals surface area contributed by atoms with Gasteiger partial charge in [-0.25, -0.2) is 4.79 Å². The molecule has 2 rings (SSSR count). The van der Waals surface area contributed by atoms with E-state index in [1.54, 1.807) is 6.08 Å². The van der Waals surface area contributed by atoms with Gasteiger partial charge in [0, 0.05) is 0 Å². The van der Waals surface area contributed by atoms with E-state index in [1.165, 1.54) is 6.26 Å². The van der Waals surface area contributed by atoms with Crippen LogP contribution in [0.1, 0.15) is 6.92 Å². The van der Waals surface area contributed by atoms with Gasteiger partial charge in [-0.15, -0.1) is 0 Å². The minimum Gasteiger partial charge on any atom is -0.494 e. The molecule has 2 aliphatic heterocycles. The zero-order valence-corrected chi connectivity index (χ0v) is 6.02. The highest BCUT2D eigenvalue weighted by Gasteiger charge is 2.41. The van der Waals surface area contributed by atoms with Crippen molar-refractivity contribution < 1.29 is 19.0 Å². The summed E-state index contributed by atoms with van der Waals surface area (Å²) in [5.41, 5.74) is 0. The van der Waals surface area contributed by atoms with Crippen LogP contribution in [0.3, 0.4) is 0 Å². The van der Waals surface area contributed by atoms with Gasteiger partial charge in [0.15, 0.2) is 12.2 Å². The van der Waals surface area contributed by atoms with Crippen LogP contribution in [-0.2, 0) is 14.2 Å². The molecule has 0 bridgehead atoms. The maximum atomic E-state index is 10.6. The second-order valence-electron chi connectivity index (χ2n) is 2.58. The molecule has 3 atom stereocenters. The van der Waals surface area contributed by atoms with Gasteiger partial charge in [0.25, 0.3) is 0 Å². The summed E-state index contributed by atoms with van der Waals surface area (Å²) in [5, 5.41) is 0. The molecule has 4 nitrogen and oxygen atoms in total. The minimum atomic E-state index is -0.609. The normalized spacial score (nSPS) is 40.5. The van der Waals surface area contributed by atoms with Crippen LogP contribution in [0.2, 0.25) is 0 Å². The van der Waals surface area contributed by atoms with Gasteiger partial charge in [-0.1, -0.05) is 0 Å². The number of hydrogen-bond donors (Lipinski definition) is 0. The minimum absolute atomic E-state index is 0.114. The number of rotatable bonds is 0. The molecule has 1 saturated heterocycles. The van der Waals surface area contributed by atoms with Gasteiger partial charge in [0.1, 0.15) is 6.10 Å². The predicted molar refractivity (Wildman–Crippen MR) is 34.8 cm³/mol. The number of ether oxygens (including phenoxy) is 3. The molecule has 0 spiro atoms. The fraction of sp³-hybridized carbons (Fsp3) is 0.571. The van der Waals surface area contributed by atoms with Crippen molar-refractivity contribution in [3.63, 3.8) is 0 Å². The summed E-state index contributed by atoms with van der Waals surface area (Å²) in [7, 11) is 0. The molecule has 0 aromatic carbocycles. The van der Waals surface area contributed by atoms with Gasteiger partial charge in [-0.05, 0) is 13.0 Å². The molecule has 0 aliphatic carbocycles. The topological polar surface area (TPSA) is 44.8 Å². The van der Waals surface area contributed by atoms with E-state index in [1.807, 2.05) is 6.92 Å². The van der Waals surface area contributed by atoms with Crippen molar-refractivity contribution in [2.45, 2.75) is 25.2 Å². The highest BCUT2D eigenvalue weighted by atomic mass is 16.8. The first-order valence-corrected chi connectivity index (χ1v) is 3.47. The Labute approximate surface area is 63.7 Å². The second-order valence-corrected chi connectivity index (χ2v) is 2.58. The number of hydrogen-bond acceptors (Lipinski definition) is 4. The lowest BCUT2D eigenvalue weighted by atomic mass is 10.1. The summed E-state index contributed by atoms with van der Waals surface area (Å²) >= 11 is 0. The molecule has 0 radical (unpaired) electrons. The summed E-state index contributed by atoms with van der Waals surface area (Å²) in [5.74, 6) is 0. The van der Waals surface area contributed by atoms with Gasteiger partial charge in [-0.3, -0.25) is 0 Å². The molecular formula is C7H8O4. The van der Waals surface area contributed by atoms with Crippen molar-refractivity contribution in [1.82, 2.24) is 0 Å². The molecule has 1 fully saturated rings. The van der Waals surface area contributed by atoms with Gasteiger partial charge in [-0.2, -0.15) is 0 Å². The molecule has 2 heterocycles. The van der Waals surface area contributed by atoms with E-state index in [4.69, 9.17) is 14.2 Å². The lowest BCUT2D eigenvalue weighted by Gasteiger charge is -2.22. The Morgan fingerprint density at radius 1 is 1.45 bits per heavy atom. The Morgan fingerprint density at radius 2 is 2.27 bits per heavy atom. The zero-order chi connectivity index (χ0) is 7.84. The second kappa shape index (κ2) is 2.15. The quantitative estimate of drug-likeness (QED) is 0.487. The van der Waals surface area contributed by atoms with Gasteiger partial charge in [0.05, 0.1) is 6.26 Å². The highest BCUT2D eigenvalue weighted by Crippen LogP contribution is 2.24. The summed E-state index contributed by atoms with van der Waals surface area (Å²) in [6.45, 7) is 1.84. The first-order valence-electron chi connectivity index (χ1n) is 3.47. The molecule has 0 aromatic rings. The van der Waals surface area contributed by atoms with E-state index in [-0.39, 0.29) is 18.3 Å². The average Bonchev–Trinajstić information content (AvgIpc) is 2.31. The van der Waals surface area contributed by atoms with Crippen LogP contribution in [0.25, 0.3) is 0 Å². The van der Waals surface area contributed by atoms with Gasteiger partial charge in [0.2, 0.25) is 0 Å². The first kappa shape index (κ1) is 6.52. The van der Waals surface area contributed by atoms with Crippen molar-refractivity contribution in [3.8, 4) is 0 Å². The van der Waals surface area contributed by atoms with Crippen molar-refractivity contribution in [2.24, 2.45) is 0 Å². The third-order valence-electron chi connectivity index (χ3n) is 1.81. The standard InChI is InChI=1S/C7H8O4/c1-4-6-5(2-3-9-4)10-7(8)11-6/h2-6H,1H3/t4-,5-,6+/m1/s1. The van der Waals surface area contributed by atoms with Crippen molar-refractivity contribution >= 4 is 6.16 Å². The van der Waals surface area contributed by atoms with Crippen molar-refractivity contribution in [2.75, 3.05) is 0 Å². The van der Waals surface area contributed by atoms with E-state index in [0.29, 0.717) is 0 Å². The zero-order valence-electron chi connectivity index (χ0n) is 6.02. The third kappa shape index (κ3) is 0.943. The van der Waals surface area contributed by atoms with Gasteiger partial charge < -0.3 is 14.2 Å². The van der Waals surface area contributed by atoms with Crippen LogP contribution in [-0.4, -0.2) is 24.5 Å². The molecule has 0 aromatic heterocycles. The summed E-state index contributed by atoms with van der Waals surface area (Å²) in [6, 6.07) is 0. The molecule has 4 heteroatoms. The summed E-state index contributed by atoms with van der Waals surface area (Å²) in [6.07, 6.45) is 1.96. The van der Waals surface area contributed by atoms with Crippen LogP contribution < -0.4 is 0 Å². The van der Waals surface area contributed by atoms with Gasteiger partial charge >= 0.3 is 6.16 Å². The summed E-state index contributed by atoms with van der Waals surface area (Å²) in [4.78, 5) is 10.6. The Hall–Kier alpha value is -1.19. The molecular weight excluding hydrogens is 148 g/mol. The van der Waals surface area contributed by atoms with Crippen LogP contribution in [0, 0.1) is 0 Å². The molecule has 11 heavy (non-hydrogen) atoms. The fourth-order valence-electron chi connectivity index (χ4n) is 1.22. The molecule has 0 N–H and O–H groups in total. The van der Waals surface area contributed by atoms with E-state index in [0.717, 1.165) is 0 Å². The average molecular weight is 156 g/mol. The monoisotopic (exact) mass is 156 g/mol. The molecule has 0 amide bonds. The van der Waals surface area contributed by atoms with Crippen LogP contribution in [0.4, 0.5) is 4.79 Å². The first-order chi connectivity index (χ1) is 5.27. The number of carbonyl (C=O) groups excluding carboxylic acids is 1. The molecule has 0 saturated carbocycles. The van der Waals surface area contributed by atoms with Crippen molar-refractivity contribution in [1.29, 1.82) is 0 Å². The van der Waals surface area contributed by atoms with E-state index in [9.17, 15) is 4.79 Å². The number of carbonyl (C=O) groups is 1. The smallest absolute Gasteiger partial charge is 0.494 e. The Balaban J connectivity index is 2.19. The maximum Gasteiger partial charge on any atom is 0.509 e. The van der Waals surface area contributed by atoms with E-state index < -0.39 is 6.16 Å².